The monoisotopic (exact) mass is 468 g/mol. The molecule has 0 aliphatic carbocycles. The molecule has 1 saturated heterocycles. The maximum absolute atomic E-state index is 12.2. The molecule has 2 heterocycles. The van der Waals surface area contributed by atoms with Gasteiger partial charge in [0.1, 0.15) is 12.1 Å². The first-order valence-electron chi connectivity index (χ1n) is 11.6. The molecule has 2 aromatic rings. The normalized spacial score (nSPS) is 15.7. The van der Waals surface area contributed by atoms with Crippen LogP contribution in [0.15, 0.2) is 31.1 Å². The van der Waals surface area contributed by atoms with Gasteiger partial charge in [-0.3, -0.25) is 4.79 Å². The number of hydrogen-bond donors (Lipinski definition) is 2. The van der Waals surface area contributed by atoms with Crippen molar-refractivity contribution in [3.05, 3.63) is 31.1 Å². The van der Waals surface area contributed by atoms with Gasteiger partial charge in [-0.25, -0.2) is 9.97 Å². The minimum absolute atomic E-state index is 0.292. The molecule has 1 unspecified atom stereocenters. The Labute approximate surface area is 202 Å². The number of amides is 1. The summed E-state index contributed by atoms with van der Waals surface area (Å²) in [6, 6.07) is 4.11. The van der Waals surface area contributed by atoms with E-state index in [2.05, 4.69) is 53.8 Å². The summed E-state index contributed by atoms with van der Waals surface area (Å²) in [6.45, 7) is 8.32. The first kappa shape index (κ1) is 25.2. The fraction of sp³-hybridized carbons (Fsp3) is 0.500. The number of rotatable bonds is 10. The first-order chi connectivity index (χ1) is 16.3. The number of methoxy groups -OCH3 is 1. The van der Waals surface area contributed by atoms with Crippen molar-refractivity contribution < 1.29 is 9.53 Å². The predicted octanol–water partition coefficient (Wildman–Crippen LogP) is 3.12. The smallest absolute Gasteiger partial charge is 0.247 e. The highest BCUT2D eigenvalue weighted by Crippen LogP contribution is 2.38. The third-order valence-electron chi connectivity index (χ3n) is 5.92. The van der Waals surface area contributed by atoms with Crippen LogP contribution in [-0.2, 0) is 4.79 Å². The molecular weight excluding hydrogens is 432 g/mol. The number of hydrogen-bond acceptors (Lipinski definition) is 9. The molecule has 1 fully saturated rings. The SMILES string of the molecule is C=CC(=O)Nc1cc(Nc2ncnc(N3CCCCC3C)n2)c(OC)cc1N(C)CCN(C)C. The van der Waals surface area contributed by atoms with Crippen LogP contribution in [0.5, 0.6) is 5.75 Å². The number of carbonyl (C=O) groups is 1. The molecule has 10 nitrogen and oxygen atoms in total. The highest BCUT2D eigenvalue weighted by Gasteiger charge is 2.22. The van der Waals surface area contributed by atoms with Gasteiger partial charge in [0, 0.05) is 38.8 Å². The second-order valence-corrected chi connectivity index (χ2v) is 8.76. The molecule has 10 heteroatoms. The number of nitrogens with zero attached hydrogens (tertiary/aromatic N) is 6. The Bertz CT molecular complexity index is 997. The van der Waals surface area contributed by atoms with Gasteiger partial charge >= 0.3 is 0 Å². The number of aromatic nitrogens is 3. The van der Waals surface area contributed by atoms with Gasteiger partial charge in [-0.05, 0) is 52.4 Å². The van der Waals surface area contributed by atoms with Crippen LogP contribution < -0.4 is 25.2 Å². The predicted molar refractivity (Wildman–Crippen MR) is 137 cm³/mol. The molecule has 184 valence electrons. The van der Waals surface area contributed by atoms with Gasteiger partial charge in [-0.15, -0.1) is 0 Å². The highest BCUT2D eigenvalue weighted by atomic mass is 16.5. The van der Waals surface area contributed by atoms with Gasteiger partial charge < -0.3 is 30.1 Å². The quantitative estimate of drug-likeness (QED) is 0.510. The van der Waals surface area contributed by atoms with Crippen molar-refractivity contribution in [1.82, 2.24) is 19.9 Å². The first-order valence-corrected chi connectivity index (χ1v) is 11.6. The summed E-state index contributed by atoms with van der Waals surface area (Å²) in [6.07, 6.45) is 6.24. The molecule has 0 spiro atoms. The van der Waals surface area contributed by atoms with E-state index in [0.29, 0.717) is 35.1 Å². The molecule has 1 aromatic heterocycles. The summed E-state index contributed by atoms with van der Waals surface area (Å²) >= 11 is 0. The van der Waals surface area contributed by atoms with Crippen molar-refractivity contribution in [1.29, 1.82) is 0 Å². The lowest BCUT2D eigenvalue weighted by atomic mass is 10.0. The largest absolute Gasteiger partial charge is 0.494 e. The fourth-order valence-electron chi connectivity index (χ4n) is 3.91. The molecule has 2 N–H and O–H groups in total. The van der Waals surface area contributed by atoms with Crippen LogP contribution >= 0.6 is 0 Å². The van der Waals surface area contributed by atoms with Gasteiger partial charge in [0.2, 0.25) is 17.8 Å². The lowest BCUT2D eigenvalue weighted by Gasteiger charge is -2.33. The van der Waals surface area contributed by atoms with Gasteiger partial charge in [-0.1, -0.05) is 6.58 Å². The number of ether oxygens (including phenoxy) is 1. The maximum Gasteiger partial charge on any atom is 0.247 e. The zero-order valence-electron chi connectivity index (χ0n) is 20.8. The van der Waals surface area contributed by atoms with Crippen molar-refractivity contribution in [2.45, 2.75) is 32.2 Å². The molecule has 1 amide bonds. The van der Waals surface area contributed by atoms with Crippen molar-refractivity contribution in [2.24, 2.45) is 0 Å². The zero-order chi connectivity index (χ0) is 24.7. The fourth-order valence-corrected chi connectivity index (χ4v) is 3.91. The second kappa shape index (κ2) is 11.6. The lowest BCUT2D eigenvalue weighted by molar-refractivity contribution is -0.111. The molecule has 0 radical (unpaired) electrons. The van der Waals surface area contributed by atoms with E-state index in [4.69, 9.17) is 4.74 Å². The van der Waals surface area contributed by atoms with E-state index >= 15 is 0 Å². The summed E-state index contributed by atoms with van der Waals surface area (Å²) < 4.78 is 5.67. The minimum Gasteiger partial charge on any atom is -0.494 e. The van der Waals surface area contributed by atoms with Gasteiger partial charge in [0.15, 0.2) is 0 Å². The number of piperidine rings is 1. The van der Waals surface area contributed by atoms with E-state index in [-0.39, 0.29) is 5.91 Å². The number of carbonyl (C=O) groups excluding carboxylic acids is 1. The van der Waals surface area contributed by atoms with E-state index in [1.807, 2.05) is 33.3 Å². The highest BCUT2D eigenvalue weighted by molar-refractivity contribution is 6.02. The molecular formula is C24H36N8O2. The molecule has 1 atom stereocenters. The van der Waals surface area contributed by atoms with Crippen molar-refractivity contribution in [2.75, 3.05) is 68.3 Å². The Morgan fingerprint density at radius 1 is 1.24 bits per heavy atom. The van der Waals surface area contributed by atoms with Gasteiger partial charge in [0.05, 0.1) is 24.2 Å². The third-order valence-corrected chi connectivity index (χ3v) is 5.92. The van der Waals surface area contributed by atoms with Crippen molar-refractivity contribution in [3.63, 3.8) is 0 Å². The van der Waals surface area contributed by atoms with E-state index in [1.54, 1.807) is 7.11 Å². The van der Waals surface area contributed by atoms with Crippen LogP contribution in [0.25, 0.3) is 0 Å². The van der Waals surface area contributed by atoms with Crippen LogP contribution in [0.4, 0.5) is 29.0 Å². The van der Waals surface area contributed by atoms with Crippen LogP contribution in [-0.4, -0.2) is 79.7 Å². The van der Waals surface area contributed by atoms with Crippen molar-refractivity contribution in [3.8, 4) is 5.75 Å². The lowest BCUT2D eigenvalue weighted by Crippen LogP contribution is -2.38. The third kappa shape index (κ3) is 6.34. The number of likely N-dealkylation sites (N-methyl/N-ethyl adjacent to an activating group) is 2. The average Bonchev–Trinajstić information content (AvgIpc) is 2.83. The Hall–Kier alpha value is -3.40. The number of nitrogens with one attached hydrogen (secondary N) is 2. The van der Waals surface area contributed by atoms with E-state index < -0.39 is 0 Å². The molecule has 1 aliphatic rings. The minimum atomic E-state index is -0.292. The number of benzene rings is 1. The Morgan fingerprint density at radius 2 is 2.03 bits per heavy atom. The number of anilines is 5. The average molecular weight is 469 g/mol. The topological polar surface area (TPSA) is 98.7 Å². The summed E-state index contributed by atoms with van der Waals surface area (Å²) in [4.78, 5) is 31.9. The molecule has 3 rings (SSSR count). The van der Waals surface area contributed by atoms with E-state index in [1.165, 1.54) is 18.8 Å². The van der Waals surface area contributed by atoms with Crippen LogP contribution in [0, 0.1) is 0 Å². The maximum atomic E-state index is 12.2. The molecule has 0 saturated carbocycles. The zero-order valence-corrected chi connectivity index (χ0v) is 20.8. The Kier molecular flexibility index (Phi) is 8.64. The van der Waals surface area contributed by atoms with Crippen LogP contribution in [0.2, 0.25) is 0 Å². The second-order valence-electron chi connectivity index (χ2n) is 8.76. The molecule has 34 heavy (non-hydrogen) atoms. The summed E-state index contributed by atoms with van der Waals surface area (Å²) in [7, 11) is 7.64. The summed E-state index contributed by atoms with van der Waals surface area (Å²) in [5.41, 5.74) is 2.10. The van der Waals surface area contributed by atoms with E-state index in [0.717, 1.165) is 38.2 Å². The molecule has 0 bridgehead atoms. The van der Waals surface area contributed by atoms with Gasteiger partial charge in [0.25, 0.3) is 0 Å². The summed E-state index contributed by atoms with van der Waals surface area (Å²) in [5, 5.41) is 6.15. The van der Waals surface area contributed by atoms with Crippen LogP contribution in [0.1, 0.15) is 26.2 Å². The van der Waals surface area contributed by atoms with Gasteiger partial charge in [-0.2, -0.15) is 4.98 Å². The molecule has 1 aliphatic heterocycles. The van der Waals surface area contributed by atoms with E-state index in [9.17, 15) is 4.79 Å². The standard InChI is InChI=1S/C24H36N8O2/c1-7-22(33)27-18-14-19(21(34-6)15-20(18)31(5)13-12-30(3)4)28-23-25-16-26-24(29-23)32-11-9-8-10-17(32)2/h7,14-17H,1,8-13H2,2-6H3,(H,27,33)(H,25,26,28,29). The van der Waals surface area contributed by atoms with Crippen LogP contribution in [0.3, 0.4) is 0 Å². The Balaban J connectivity index is 1.93. The Morgan fingerprint density at radius 3 is 2.71 bits per heavy atom. The summed E-state index contributed by atoms with van der Waals surface area (Å²) in [5.74, 6) is 1.39. The van der Waals surface area contributed by atoms with Crippen molar-refractivity contribution >= 4 is 34.9 Å². The molecule has 1 aromatic carbocycles.